The van der Waals surface area contributed by atoms with Crippen LogP contribution in [-0.4, -0.2) is 17.6 Å². The first-order valence-electron chi connectivity index (χ1n) is 9.30. The molecule has 0 radical (unpaired) electrons. The van der Waals surface area contributed by atoms with E-state index in [1.165, 1.54) is 0 Å². The summed E-state index contributed by atoms with van der Waals surface area (Å²) in [6.07, 6.45) is -0.427. The van der Waals surface area contributed by atoms with Gasteiger partial charge in [0.2, 0.25) is 0 Å². The predicted octanol–water partition coefficient (Wildman–Crippen LogP) is 4.87. The number of fused-ring (bicyclic) bond motifs is 1. The van der Waals surface area contributed by atoms with Crippen LogP contribution >= 0.6 is 0 Å². The maximum Gasteiger partial charge on any atom is 0.262 e. The van der Waals surface area contributed by atoms with Crippen LogP contribution in [0, 0.1) is 6.92 Å². The lowest BCUT2D eigenvalue weighted by molar-refractivity contribution is 0.0975. The third-order valence-corrected chi connectivity index (χ3v) is 4.81. The van der Waals surface area contributed by atoms with Crippen molar-refractivity contribution in [2.45, 2.75) is 20.0 Å². The van der Waals surface area contributed by atoms with E-state index in [2.05, 4.69) is 5.32 Å². The molecule has 0 spiro atoms. The number of aryl methyl sites for hydroxylation is 1. The van der Waals surface area contributed by atoms with Gasteiger partial charge in [-0.15, -0.1) is 0 Å². The molecule has 142 valence electrons. The summed E-state index contributed by atoms with van der Waals surface area (Å²) in [5, 5.41) is 13.5. The van der Waals surface area contributed by atoms with E-state index in [0.717, 1.165) is 22.5 Å². The first-order valence-corrected chi connectivity index (χ1v) is 9.30. The first kappa shape index (κ1) is 17.9. The van der Waals surface area contributed by atoms with Crippen molar-refractivity contribution < 1.29 is 14.6 Å². The molecule has 0 unspecified atom stereocenters. The summed E-state index contributed by atoms with van der Waals surface area (Å²) in [4.78, 5) is 15.1. The highest BCUT2D eigenvalue weighted by molar-refractivity contribution is 6.12. The summed E-state index contributed by atoms with van der Waals surface area (Å²) in [6.45, 7) is 4.31. The number of phenolic OH excluding ortho intramolecular Hbond substituents is 1. The number of para-hydroxylation sites is 1. The molecule has 3 aromatic rings. The van der Waals surface area contributed by atoms with Gasteiger partial charge in [-0.3, -0.25) is 9.69 Å². The van der Waals surface area contributed by atoms with E-state index in [9.17, 15) is 9.90 Å². The van der Waals surface area contributed by atoms with Crippen molar-refractivity contribution >= 4 is 17.3 Å². The fraction of sp³-hybridized carbons (Fsp3) is 0.174. The van der Waals surface area contributed by atoms with Crippen LogP contribution in [0.25, 0.3) is 0 Å². The number of aromatic hydroxyl groups is 1. The number of ether oxygens (including phenoxy) is 1. The minimum atomic E-state index is -0.427. The third kappa shape index (κ3) is 3.16. The number of carbonyl (C=O) groups excluding carboxylic acids is 1. The lowest BCUT2D eigenvalue weighted by Gasteiger charge is -2.38. The lowest BCUT2D eigenvalue weighted by Crippen LogP contribution is -2.43. The van der Waals surface area contributed by atoms with Crippen molar-refractivity contribution in [3.8, 4) is 11.5 Å². The van der Waals surface area contributed by atoms with Gasteiger partial charge >= 0.3 is 0 Å². The quantitative estimate of drug-likeness (QED) is 0.684. The largest absolute Gasteiger partial charge is 0.504 e. The van der Waals surface area contributed by atoms with Crippen LogP contribution in [0.4, 0.5) is 11.4 Å². The summed E-state index contributed by atoms with van der Waals surface area (Å²) in [5.74, 6) is 0.406. The second kappa shape index (κ2) is 7.27. The van der Waals surface area contributed by atoms with Crippen molar-refractivity contribution in [2.24, 2.45) is 0 Å². The van der Waals surface area contributed by atoms with E-state index in [4.69, 9.17) is 4.74 Å². The van der Waals surface area contributed by atoms with Gasteiger partial charge in [0.05, 0.1) is 12.2 Å². The Labute approximate surface area is 164 Å². The van der Waals surface area contributed by atoms with Crippen LogP contribution in [0.2, 0.25) is 0 Å². The van der Waals surface area contributed by atoms with Gasteiger partial charge in [0, 0.05) is 11.4 Å². The molecule has 2 N–H and O–H groups in total. The molecule has 4 rings (SSSR count). The molecule has 0 aromatic heterocycles. The lowest BCUT2D eigenvalue weighted by atomic mass is 10.0. The maximum atomic E-state index is 13.4. The number of benzene rings is 3. The van der Waals surface area contributed by atoms with E-state index in [-0.39, 0.29) is 11.7 Å². The number of anilines is 2. The van der Waals surface area contributed by atoms with Crippen molar-refractivity contribution in [1.82, 2.24) is 0 Å². The summed E-state index contributed by atoms with van der Waals surface area (Å²) >= 11 is 0. The summed E-state index contributed by atoms with van der Waals surface area (Å²) < 4.78 is 5.54. The third-order valence-electron chi connectivity index (χ3n) is 4.81. The van der Waals surface area contributed by atoms with Gasteiger partial charge in [-0.2, -0.15) is 0 Å². The molecular weight excluding hydrogens is 352 g/mol. The van der Waals surface area contributed by atoms with Gasteiger partial charge < -0.3 is 15.2 Å². The maximum absolute atomic E-state index is 13.4. The van der Waals surface area contributed by atoms with Crippen LogP contribution in [0.3, 0.4) is 0 Å². The number of rotatable bonds is 4. The van der Waals surface area contributed by atoms with Gasteiger partial charge in [-0.05, 0) is 61.4 Å². The number of phenols is 1. The van der Waals surface area contributed by atoms with E-state index in [0.29, 0.717) is 17.9 Å². The normalized spacial score (nSPS) is 15.7. The molecular formula is C23H22N2O3. The Morgan fingerprint density at radius 3 is 2.68 bits per heavy atom. The van der Waals surface area contributed by atoms with Gasteiger partial charge in [0.25, 0.3) is 5.91 Å². The van der Waals surface area contributed by atoms with Gasteiger partial charge in [-0.25, -0.2) is 0 Å². The zero-order chi connectivity index (χ0) is 19.7. The SMILES string of the molecule is CCOc1cc([C@@H]2Nc3ccccc3C(=O)N2c2cccc(C)c2)ccc1O. The Kier molecular flexibility index (Phi) is 4.65. The van der Waals surface area contributed by atoms with Crippen molar-refractivity contribution in [3.05, 3.63) is 83.4 Å². The highest BCUT2D eigenvalue weighted by Crippen LogP contribution is 2.39. The standard InChI is InChI=1S/C23H22N2O3/c1-3-28-21-14-16(11-12-20(21)26)22-24-19-10-5-4-9-18(19)23(27)25(22)17-8-6-7-15(2)13-17/h4-14,22,24,26H,3H2,1-2H3/t22-/m1/s1. The fourth-order valence-electron chi connectivity index (χ4n) is 3.50. The van der Waals surface area contributed by atoms with Crippen LogP contribution in [-0.2, 0) is 0 Å². The summed E-state index contributed by atoms with van der Waals surface area (Å²) in [5.41, 5.74) is 4.12. The van der Waals surface area contributed by atoms with Gasteiger partial charge in [-0.1, -0.05) is 30.3 Å². The minimum absolute atomic E-state index is 0.0732. The van der Waals surface area contributed by atoms with E-state index < -0.39 is 6.17 Å². The second-order valence-corrected chi connectivity index (χ2v) is 6.77. The molecule has 1 heterocycles. The molecule has 0 aliphatic carbocycles. The highest BCUT2D eigenvalue weighted by Gasteiger charge is 2.34. The Balaban J connectivity index is 1.85. The van der Waals surface area contributed by atoms with Gasteiger partial charge in [0.15, 0.2) is 11.5 Å². The average molecular weight is 374 g/mol. The summed E-state index contributed by atoms with van der Waals surface area (Å²) in [7, 11) is 0. The van der Waals surface area contributed by atoms with Crippen LogP contribution in [0.1, 0.15) is 34.6 Å². The predicted molar refractivity (Wildman–Crippen MR) is 110 cm³/mol. The van der Waals surface area contributed by atoms with Crippen molar-refractivity contribution in [1.29, 1.82) is 0 Å². The molecule has 0 saturated heterocycles. The van der Waals surface area contributed by atoms with Crippen LogP contribution in [0.5, 0.6) is 11.5 Å². The molecule has 1 aliphatic rings. The molecule has 0 saturated carbocycles. The smallest absolute Gasteiger partial charge is 0.262 e. The van der Waals surface area contributed by atoms with Gasteiger partial charge in [0.1, 0.15) is 6.17 Å². The van der Waals surface area contributed by atoms with E-state index in [1.807, 2.05) is 62.4 Å². The summed E-state index contributed by atoms with van der Waals surface area (Å²) in [6, 6.07) is 20.5. The Bertz CT molecular complexity index is 1030. The number of hydrogen-bond acceptors (Lipinski definition) is 4. The highest BCUT2D eigenvalue weighted by atomic mass is 16.5. The molecule has 3 aromatic carbocycles. The molecule has 5 nitrogen and oxygen atoms in total. The molecule has 0 bridgehead atoms. The van der Waals surface area contributed by atoms with Crippen LogP contribution < -0.4 is 15.0 Å². The molecule has 0 fully saturated rings. The number of carbonyl (C=O) groups is 1. The Morgan fingerprint density at radius 1 is 1.07 bits per heavy atom. The number of amides is 1. The second-order valence-electron chi connectivity index (χ2n) is 6.77. The molecule has 1 aliphatic heterocycles. The minimum Gasteiger partial charge on any atom is -0.504 e. The molecule has 1 atom stereocenters. The topological polar surface area (TPSA) is 61.8 Å². The van der Waals surface area contributed by atoms with Crippen molar-refractivity contribution in [3.63, 3.8) is 0 Å². The van der Waals surface area contributed by atoms with Crippen molar-refractivity contribution in [2.75, 3.05) is 16.8 Å². The number of nitrogens with zero attached hydrogens (tertiary/aromatic N) is 1. The molecule has 1 amide bonds. The average Bonchev–Trinajstić information content (AvgIpc) is 2.70. The monoisotopic (exact) mass is 374 g/mol. The Morgan fingerprint density at radius 2 is 1.89 bits per heavy atom. The fourth-order valence-corrected chi connectivity index (χ4v) is 3.50. The Hall–Kier alpha value is -3.47. The van der Waals surface area contributed by atoms with Crippen LogP contribution in [0.15, 0.2) is 66.7 Å². The molecule has 28 heavy (non-hydrogen) atoms. The zero-order valence-corrected chi connectivity index (χ0v) is 15.8. The molecule has 5 heteroatoms. The van der Waals surface area contributed by atoms with E-state index >= 15 is 0 Å². The number of nitrogens with one attached hydrogen (secondary N) is 1. The zero-order valence-electron chi connectivity index (χ0n) is 15.8. The first-order chi connectivity index (χ1) is 13.6. The van der Waals surface area contributed by atoms with E-state index in [1.54, 1.807) is 23.1 Å². The number of hydrogen-bond donors (Lipinski definition) is 2.